The Morgan fingerprint density at radius 2 is 2.06 bits per heavy atom. The topological polar surface area (TPSA) is 33.1 Å². The van der Waals surface area contributed by atoms with Gasteiger partial charge in [0, 0.05) is 57.6 Å². The highest BCUT2D eigenvalue weighted by Crippen LogP contribution is 2.11. The number of hydrogen-bond donors (Lipinski definition) is 1. The van der Waals surface area contributed by atoms with Crippen molar-refractivity contribution in [3.63, 3.8) is 0 Å². The number of nitrogens with zero attached hydrogens (tertiary/aromatic N) is 3. The predicted molar refractivity (Wildman–Crippen MR) is 65.6 cm³/mol. The van der Waals surface area contributed by atoms with Crippen LogP contribution >= 0.6 is 0 Å². The van der Waals surface area contributed by atoms with E-state index in [1.54, 1.807) is 0 Å². The Balaban J connectivity index is 1.86. The first-order valence-corrected chi connectivity index (χ1v) is 6.21. The van der Waals surface area contributed by atoms with Gasteiger partial charge in [0.2, 0.25) is 0 Å². The molecule has 0 bridgehead atoms. The molecular formula is C12H22N4. The van der Waals surface area contributed by atoms with Crippen LogP contribution in [0.4, 0.5) is 0 Å². The molecule has 1 aliphatic heterocycles. The summed E-state index contributed by atoms with van der Waals surface area (Å²) >= 11 is 0. The van der Waals surface area contributed by atoms with Crippen molar-refractivity contribution in [2.24, 2.45) is 0 Å². The molecule has 4 nitrogen and oxygen atoms in total. The van der Waals surface area contributed by atoms with Gasteiger partial charge in [0.15, 0.2) is 0 Å². The summed E-state index contributed by atoms with van der Waals surface area (Å²) in [5, 5.41) is 3.38. The largest absolute Gasteiger partial charge is 0.333 e. The van der Waals surface area contributed by atoms with Gasteiger partial charge >= 0.3 is 0 Å². The fourth-order valence-electron chi connectivity index (χ4n) is 2.19. The van der Waals surface area contributed by atoms with Gasteiger partial charge in [-0.2, -0.15) is 0 Å². The minimum absolute atomic E-state index is 0.512. The molecule has 2 heterocycles. The minimum atomic E-state index is 0.512. The van der Waals surface area contributed by atoms with Gasteiger partial charge in [-0.25, -0.2) is 4.98 Å². The molecular weight excluding hydrogens is 200 g/mol. The van der Waals surface area contributed by atoms with Crippen LogP contribution in [0.1, 0.15) is 25.6 Å². The quantitative estimate of drug-likeness (QED) is 0.822. The first-order chi connectivity index (χ1) is 7.77. The van der Waals surface area contributed by atoms with Crippen LogP contribution in [-0.4, -0.2) is 47.2 Å². The third-order valence-corrected chi connectivity index (χ3v) is 3.13. The van der Waals surface area contributed by atoms with Crippen LogP contribution in [0.3, 0.4) is 0 Å². The summed E-state index contributed by atoms with van der Waals surface area (Å²) < 4.78 is 2.28. The summed E-state index contributed by atoms with van der Waals surface area (Å²) in [5.41, 5.74) is 0. The molecule has 16 heavy (non-hydrogen) atoms. The van der Waals surface area contributed by atoms with Crippen LogP contribution in [0.5, 0.6) is 0 Å². The average molecular weight is 222 g/mol. The van der Waals surface area contributed by atoms with Crippen LogP contribution in [0.25, 0.3) is 0 Å². The lowest BCUT2D eigenvalue weighted by Gasteiger charge is -2.27. The lowest BCUT2D eigenvalue weighted by Crippen LogP contribution is -2.44. The number of rotatable bonds is 4. The van der Waals surface area contributed by atoms with E-state index in [0.29, 0.717) is 5.92 Å². The third kappa shape index (κ3) is 2.83. The van der Waals surface area contributed by atoms with Crippen LogP contribution < -0.4 is 5.32 Å². The van der Waals surface area contributed by atoms with Crippen LogP contribution in [-0.2, 0) is 6.54 Å². The smallest absolute Gasteiger partial charge is 0.111 e. The number of hydrogen-bond acceptors (Lipinski definition) is 3. The highest BCUT2D eigenvalue weighted by molar-refractivity contribution is 4.97. The molecule has 0 radical (unpaired) electrons. The molecule has 90 valence electrons. The number of nitrogens with one attached hydrogen (secondary N) is 1. The zero-order valence-electron chi connectivity index (χ0n) is 10.3. The van der Waals surface area contributed by atoms with Crippen molar-refractivity contribution < 1.29 is 0 Å². The molecule has 1 aromatic heterocycles. The van der Waals surface area contributed by atoms with E-state index >= 15 is 0 Å². The fraction of sp³-hybridized carbons (Fsp3) is 0.750. The fourth-order valence-corrected chi connectivity index (χ4v) is 2.19. The molecule has 0 amide bonds. The van der Waals surface area contributed by atoms with Gasteiger partial charge in [-0.15, -0.1) is 0 Å². The monoisotopic (exact) mass is 222 g/mol. The Kier molecular flexibility index (Phi) is 3.96. The van der Waals surface area contributed by atoms with E-state index < -0.39 is 0 Å². The minimum Gasteiger partial charge on any atom is -0.333 e. The average Bonchev–Trinajstić information content (AvgIpc) is 2.76. The molecule has 1 aliphatic rings. The first-order valence-electron chi connectivity index (χ1n) is 6.21. The second kappa shape index (κ2) is 5.46. The zero-order chi connectivity index (χ0) is 11.4. The number of aromatic nitrogens is 2. The second-order valence-corrected chi connectivity index (χ2v) is 4.73. The van der Waals surface area contributed by atoms with Crippen molar-refractivity contribution >= 4 is 0 Å². The summed E-state index contributed by atoms with van der Waals surface area (Å²) in [7, 11) is 0. The highest BCUT2D eigenvalue weighted by Gasteiger charge is 2.11. The Morgan fingerprint density at radius 1 is 1.31 bits per heavy atom. The van der Waals surface area contributed by atoms with E-state index in [4.69, 9.17) is 0 Å². The van der Waals surface area contributed by atoms with Crippen molar-refractivity contribution in [1.29, 1.82) is 0 Å². The molecule has 1 N–H and O–H groups in total. The molecule has 0 aromatic carbocycles. The lowest BCUT2D eigenvalue weighted by molar-refractivity contribution is 0.231. The third-order valence-electron chi connectivity index (χ3n) is 3.13. The standard InChI is InChI=1S/C12H22N4/c1-11(2)12-14-5-8-16(12)10-9-15-6-3-13-4-7-15/h5,8,11,13H,3-4,6-7,9-10H2,1-2H3. The van der Waals surface area contributed by atoms with Crippen molar-refractivity contribution in [2.75, 3.05) is 32.7 Å². The highest BCUT2D eigenvalue weighted by atomic mass is 15.2. The molecule has 0 spiro atoms. The maximum Gasteiger partial charge on any atom is 0.111 e. The Morgan fingerprint density at radius 3 is 2.75 bits per heavy atom. The molecule has 1 fully saturated rings. The Hall–Kier alpha value is -0.870. The van der Waals surface area contributed by atoms with Crippen molar-refractivity contribution in [3.05, 3.63) is 18.2 Å². The van der Waals surface area contributed by atoms with Gasteiger partial charge in [-0.1, -0.05) is 13.8 Å². The van der Waals surface area contributed by atoms with Crippen LogP contribution in [0, 0.1) is 0 Å². The van der Waals surface area contributed by atoms with Gasteiger partial charge in [0.25, 0.3) is 0 Å². The molecule has 0 atom stereocenters. The van der Waals surface area contributed by atoms with Gasteiger partial charge in [0.1, 0.15) is 5.82 Å². The van der Waals surface area contributed by atoms with Gasteiger partial charge in [0.05, 0.1) is 0 Å². The van der Waals surface area contributed by atoms with E-state index in [9.17, 15) is 0 Å². The van der Waals surface area contributed by atoms with E-state index in [-0.39, 0.29) is 0 Å². The van der Waals surface area contributed by atoms with Gasteiger partial charge < -0.3 is 9.88 Å². The van der Waals surface area contributed by atoms with Crippen molar-refractivity contribution in [1.82, 2.24) is 19.8 Å². The summed E-state index contributed by atoms with van der Waals surface area (Å²) in [4.78, 5) is 6.93. The van der Waals surface area contributed by atoms with Crippen LogP contribution in [0.15, 0.2) is 12.4 Å². The molecule has 0 unspecified atom stereocenters. The van der Waals surface area contributed by atoms with E-state index in [2.05, 4.69) is 39.8 Å². The Bertz CT molecular complexity index is 313. The molecule has 0 aliphatic carbocycles. The lowest BCUT2D eigenvalue weighted by atomic mass is 10.2. The Labute approximate surface area is 97.7 Å². The predicted octanol–water partition coefficient (Wildman–Crippen LogP) is 0.912. The van der Waals surface area contributed by atoms with Crippen LogP contribution in [0.2, 0.25) is 0 Å². The molecule has 0 saturated carbocycles. The zero-order valence-corrected chi connectivity index (χ0v) is 10.3. The van der Waals surface area contributed by atoms with Gasteiger partial charge in [-0.05, 0) is 0 Å². The van der Waals surface area contributed by atoms with E-state index in [0.717, 1.165) is 26.2 Å². The first kappa shape index (κ1) is 11.6. The van der Waals surface area contributed by atoms with Gasteiger partial charge in [-0.3, -0.25) is 4.90 Å². The summed E-state index contributed by atoms with van der Waals surface area (Å²) in [5.74, 6) is 1.72. The summed E-state index contributed by atoms with van der Waals surface area (Å²) in [6.07, 6.45) is 4.00. The van der Waals surface area contributed by atoms with E-state index in [1.807, 2.05) is 6.20 Å². The molecule has 4 heteroatoms. The summed E-state index contributed by atoms with van der Waals surface area (Å²) in [6.45, 7) is 11.2. The maximum absolute atomic E-state index is 4.41. The SMILES string of the molecule is CC(C)c1nccn1CCN1CCNCC1. The normalized spacial score (nSPS) is 18.2. The van der Waals surface area contributed by atoms with E-state index in [1.165, 1.54) is 18.9 Å². The number of imidazole rings is 1. The molecule has 2 rings (SSSR count). The van der Waals surface area contributed by atoms with Crippen molar-refractivity contribution in [3.8, 4) is 0 Å². The summed E-state index contributed by atoms with van der Waals surface area (Å²) in [6, 6.07) is 0. The molecule has 1 saturated heterocycles. The second-order valence-electron chi connectivity index (χ2n) is 4.73. The number of piperazine rings is 1. The van der Waals surface area contributed by atoms with Crippen molar-refractivity contribution in [2.45, 2.75) is 26.3 Å². The molecule has 1 aromatic rings. The maximum atomic E-state index is 4.41.